The number of anilines is 2. The Morgan fingerprint density at radius 2 is 1.65 bits per heavy atom. The monoisotopic (exact) mass is 457 g/mol. The van der Waals surface area contributed by atoms with Crippen molar-refractivity contribution < 1.29 is 19.8 Å². The lowest BCUT2D eigenvalue weighted by Gasteiger charge is -2.27. The second-order valence-corrected chi connectivity index (χ2v) is 8.16. The zero-order chi connectivity index (χ0) is 24.4. The van der Waals surface area contributed by atoms with E-state index in [1.165, 1.54) is 23.4 Å². The summed E-state index contributed by atoms with van der Waals surface area (Å²) in [5.74, 6) is -2.03. The van der Waals surface area contributed by atoms with E-state index in [4.69, 9.17) is 0 Å². The highest BCUT2D eigenvalue weighted by Gasteiger charge is 2.47. The molecule has 1 aliphatic heterocycles. The van der Waals surface area contributed by atoms with Crippen LogP contribution in [0.2, 0.25) is 0 Å². The van der Waals surface area contributed by atoms with Gasteiger partial charge in [0, 0.05) is 36.7 Å². The molecular weight excluding hydrogens is 430 g/mol. The number of aliphatic hydroxyl groups is 1. The molecule has 0 aliphatic carbocycles. The van der Waals surface area contributed by atoms with Gasteiger partial charge in [0.15, 0.2) is 0 Å². The number of carbonyl (C=O) groups is 2. The number of hydrogen-bond acceptors (Lipinski definition) is 6. The van der Waals surface area contributed by atoms with Crippen molar-refractivity contribution in [3.8, 4) is 5.75 Å². The molecule has 34 heavy (non-hydrogen) atoms. The van der Waals surface area contributed by atoms with Gasteiger partial charge in [0.2, 0.25) is 0 Å². The van der Waals surface area contributed by atoms with Crippen LogP contribution in [0.15, 0.2) is 72.6 Å². The van der Waals surface area contributed by atoms with E-state index in [9.17, 15) is 19.8 Å². The minimum atomic E-state index is -0.911. The first-order chi connectivity index (χ1) is 16.4. The van der Waals surface area contributed by atoms with Gasteiger partial charge in [-0.25, -0.2) is 0 Å². The van der Waals surface area contributed by atoms with E-state index in [-0.39, 0.29) is 22.8 Å². The number of Topliss-reactive ketones (excluding diaryl/α,β-unsaturated/α-hetero) is 1. The molecule has 2 N–H and O–H groups in total. The van der Waals surface area contributed by atoms with Crippen LogP contribution in [-0.2, 0) is 9.59 Å². The molecule has 7 nitrogen and oxygen atoms in total. The molecule has 3 aromatic rings. The van der Waals surface area contributed by atoms with Crippen molar-refractivity contribution in [3.05, 3.63) is 89.3 Å². The Morgan fingerprint density at radius 3 is 2.26 bits per heavy atom. The number of hydrogen-bond donors (Lipinski definition) is 2. The molecule has 1 aromatic heterocycles. The molecule has 1 aliphatic rings. The van der Waals surface area contributed by atoms with E-state index in [0.717, 1.165) is 24.3 Å². The molecule has 1 unspecified atom stereocenters. The highest BCUT2D eigenvalue weighted by molar-refractivity contribution is 6.51. The van der Waals surface area contributed by atoms with E-state index in [1.807, 2.05) is 31.2 Å². The molecule has 2 heterocycles. The van der Waals surface area contributed by atoms with Gasteiger partial charge in [0.1, 0.15) is 11.5 Å². The number of phenols is 1. The Labute approximate surface area is 198 Å². The predicted octanol–water partition coefficient (Wildman–Crippen LogP) is 4.57. The van der Waals surface area contributed by atoms with Crippen molar-refractivity contribution in [2.24, 2.45) is 0 Å². The number of ketones is 1. The average molecular weight is 458 g/mol. The van der Waals surface area contributed by atoms with Crippen LogP contribution >= 0.6 is 0 Å². The third-order valence-corrected chi connectivity index (χ3v) is 6.13. The van der Waals surface area contributed by atoms with Gasteiger partial charge in [-0.3, -0.25) is 19.5 Å². The average Bonchev–Trinajstić information content (AvgIpc) is 3.12. The summed E-state index contributed by atoms with van der Waals surface area (Å²) in [5, 5.41) is 21.7. The summed E-state index contributed by atoms with van der Waals surface area (Å²) in [5.41, 5.74) is 3.04. The second kappa shape index (κ2) is 9.39. The summed E-state index contributed by atoms with van der Waals surface area (Å²) in [6.45, 7) is 7.66. The van der Waals surface area contributed by atoms with Crippen molar-refractivity contribution in [1.82, 2.24) is 4.98 Å². The van der Waals surface area contributed by atoms with Crippen LogP contribution in [0.3, 0.4) is 0 Å². The maximum atomic E-state index is 13.3. The van der Waals surface area contributed by atoms with Crippen LogP contribution in [0.5, 0.6) is 5.75 Å². The smallest absolute Gasteiger partial charge is 0.300 e. The molecule has 0 radical (unpaired) electrons. The van der Waals surface area contributed by atoms with E-state index in [2.05, 4.69) is 23.7 Å². The van der Waals surface area contributed by atoms with Gasteiger partial charge in [-0.15, -0.1) is 0 Å². The minimum absolute atomic E-state index is 0.0345. The van der Waals surface area contributed by atoms with E-state index in [0.29, 0.717) is 11.1 Å². The first kappa shape index (κ1) is 23.0. The molecule has 2 aromatic carbocycles. The lowest BCUT2D eigenvalue weighted by atomic mass is 9.95. The molecule has 1 amide bonds. The first-order valence-corrected chi connectivity index (χ1v) is 11.2. The van der Waals surface area contributed by atoms with E-state index < -0.39 is 17.7 Å². The first-order valence-electron chi connectivity index (χ1n) is 11.2. The van der Waals surface area contributed by atoms with Gasteiger partial charge >= 0.3 is 0 Å². The Hall–Kier alpha value is -4.13. The van der Waals surface area contributed by atoms with Crippen LogP contribution in [0.25, 0.3) is 5.76 Å². The molecule has 4 rings (SSSR count). The summed E-state index contributed by atoms with van der Waals surface area (Å²) in [6, 6.07) is 14.7. The van der Waals surface area contributed by atoms with Gasteiger partial charge in [-0.2, -0.15) is 0 Å². The zero-order valence-electron chi connectivity index (χ0n) is 19.4. The lowest BCUT2D eigenvalue weighted by Crippen LogP contribution is -2.29. The number of aromatic nitrogens is 1. The fourth-order valence-electron chi connectivity index (χ4n) is 4.34. The second-order valence-electron chi connectivity index (χ2n) is 8.16. The maximum Gasteiger partial charge on any atom is 0.300 e. The summed E-state index contributed by atoms with van der Waals surface area (Å²) in [6.07, 6.45) is 3.01. The van der Waals surface area contributed by atoms with E-state index >= 15 is 0 Å². The largest absolute Gasteiger partial charge is 0.507 e. The highest BCUT2D eigenvalue weighted by Crippen LogP contribution is 2.45. The number of phenolic OH excluding ortho intramolecular Hbond substituents is 1. The van der Waals surface area contributed by atoms with Crippen LogP contribution in [-0.4, -0.2) is 40.0 Å². The minimum Gasteiger partial charge on any atom is -0.507 e. The summed E-state index contributed by atoms with van der Waals surface area (Å²) < 4.78 is 0. The third kappa shape index (κ3) is 4.01. The zero-order valence-corrected chi connectivity index (χ0v) is 19.4. The van der Waals surface area contributed by atoms with Crippen molar-refractivity contribution in [1.29, 1.82) is 0 Å². The Morgan fingerprint density at radius 1 is 1.00 bits per heavy atom. The number of nitrogens with zero attached hydrogens (tertiary/aromatic N) is 3. The number of aromatic hydroxyl groups is 1. The number of benzene rings is 2. The molecule has 0 saturated carbocycles. The highest BCUT2D eigenvalue weighted by atomic mass is 16.3. The van der Waals surface area contributed by atoms with Crippen molar-refractivity contribution in [2.75, 3.05) is 22.9 Å². The van der Waals surface area contributed by atoms with Gasteiger partial charge in [0.05, 0.1) is 17.3 Å². The van der Waals surface area contributed by atoms with Crippen LogP contribution in [0.1, 0.15) is 36.6 Å². The van der Waals surface area contributed by atoms with Crippen LogP contribution in [0, 0.1) is 6.92 Å². The topological polar surface area (TPSA) is 94.0 Å². The van der Waals surface area contributed by atoms with E-state index in [1.54, 1.807) is 24.3 Å². The normalized spacial score (nSPS) is 17.3. The van der Waals surface area contributed by atoms with Crippen molar-refractivity contribution in [3.63, 3.8) is 0 Å². The van der Waals surface area contributed by atoms with Gasteiger partial charge in [-0.1, -0.05) is 18.2 Å². The Kier molecular flexibility index (Phi) is 6.36. The Bertz CT molecular complexity index is 1250. The predicted molar refractivity (Wildman–Crippen MR) is 132 cm³/mol. The molecule has 1 atom stereocenters. The lowest BCUT2D eigenvalue weighted by molar-refractivity contribution is -0.132. The standard InChI is InChI=1S/C27H27N3O4/c1-4-29(5-2)20-9-7-18(8-10-20)24-23(25(32)19-12-14-28-15-13-19)26(33)27(34)30(24)21-16-17(3)6-11-22(21)31/h6-16,24,31-32H,4-5H2,1-3H3/b25-23+. The molecular formula is C27H27N3O4. The molecule has 0 spiro atoms. The molecule has 1 fully saturated rings. The summed E-state index contributed by atoms with van der Waals surface area (Å²) >= 11 is 0. The number of carbonyl (C=O) groups excluding carboxylic acids is 2. The summed E-state index contributed by atoms with van der Waals surface area (Å²) in [7, 11) is 0. The molecule has 1 saturated heterocycles. The van der Waals surface area contributed by atoms with Crippen LogP contribution < -0.4 is 9.80 Å². The third-order valence-electron chi connectivity index (χ3n) is 6.13. The fraction of sp³-hybridized carbons (Fsp3) is 0.222. The molecule has 174 valence electrons. The van der Waals surface area contributed by atoms with Gasteiger partial charge < -0.3 is 15.1 Å². The fourth-order valence-corrected chi connectivity index (χ4v) is 4.34. The van der Waals surface area contributed by atoms with Gasteiger partial charge in [-0.05, 0) is 68.3 Å². The quantitative estimate of drug-likeness (QED) is 0.320. The van der Waals surface area contributed by atoms with Crippen LogP contribution in [0.4, 0.5) is 11.4 Å². The van der Waals surface area contributed by atoms with Gasteiger partial charge in [0.25, 0.3) is 11.7 Å². The molecule has 0 bridgehead atoms. The summed E-state index contributed by atoms with van der Waals surface area (Å²) in [4.78, 5) is 33.9. The van der Waals surface area contributed by atoms with Crippen molar-refractivity contribution in [2.45, 2.75) is 26.8 Å². The number of pyridine rings is 1. The number of aryl methyl sites for hydroxylation is 1. The maximum absolute atomic E-state index is 13.3. The van der Waals surface area contributed by atoms with Crippen molar-refractivity contribution >= 4 is 28.8 Å². The number of rotatable bonds is 6. The SMILES string of the molecule is CCN(CC)c1ccc(C2/C(=C(\O)c3ccncc3)C(=O)C(=O)N2c2cc(C)ccc2O)cc1. The number of amides is 1. The molecule has 7 heteroatoms. The Balaban J connectivity index is 1.93. The number of aliphatic hydroxyl groups excluding tert-OH is 1.